The number of carbonyl (C=O) groups excluding carboxylic acids is 1. The van der Waals surface area contributed by atoms with E-state index in [9.17, 15) is 13.6 Å². The Labute approximate surface area is 154 Å². The van der Waals surface area contributed by atoms with E-state index in [2.05, 4.69) is 5.10 Å². The van der Waals surface area contributed by atoms with Crippen LogP contribution < -0.4 is 0 Å². The van der Waals surface area contributed by atoms with Crippen molar-refractivity contribution in [1.29, 1.82) is 0 Å². The minimum absolute atomic E-state index is 0.224. The van der Waals surface area contributed by atoms with Gasteiger partial charge in [0.15, 0.2) is 0 Å². The van der Waals surface area contributed by atoms with Gasteiger partial charge >= 0.3 is 0 Å². The number of aromatic nitrogens is 2. The first-order valence-corrected chi connectivity index (χ1v) is 8.61. The molecule has 0 bridgehead atoms. The molecule has 5 nitrogen and oxygen atoms in total. The van der Waals surface area contributed by atoms with Gasteiger partial charge in [-0.15, -0.1) is 0 Å². The van der Waals surface area contributed by atoms with E-state index in [1.807, 2.05) is 0 Å². The molecule has 0 aliphatic carbocycles. The Balaban J connectivity index is 1.81. The van der Waals surface area contributed by atoms with Gasteiger partial charge in [0.2, 0.25) is 0 Å². The third-order valence-electron chi connectivity index (χ3n) is 4.45. The molecule has 0 saturated carbocycles. The van der Waals surface area contributed by atoms with Crippen molar-refractivity contribution in [2.75, 3.05) is 26.3 Å². The van der Waals surface area contributed by atoms with Gasteiger partial charge in [-0.1, -0.05) is 12.1 Å². The molecule has 0 radical (unpaired) electrons. The van der Waals surface area contributed by atoms with E-state index < -0.39 is 5.82 Å². The second-order valence-electron chi connectivity index (χ2n) is 6.19. The molecule has 3 aromatic rings. The van der Waals surface area contributed by atoms with Gasteiger partial charge in [-0.2, -0.15) is 5.10 Å². The van der Waals surface area contributed by atoms with Crippen LogP contribution >= 0.6 is 0 Å². The second kappa shape index (κ2) is 7.28. The Morgan fingerprint density at radius 1 is 1.00 bits per heavy atom. The van der Waals surface area contributed by atoms with Crippen LogP contribution in [0.3, 0.4) is 0 Å². The fraction of sp³-hybridized carbons (Fsp3) is 0.200. The minimum Gasteiger partial charge on any atom is -0.378 e. The van der Waals surface area contributed by atoms with Crippen LogP contribution in [0.4, 0.5) is 8.78 Å². The number of ether oxygens (including phenoxy) is 1. The summed E-state index contributed by atoms with van der Waals surface area (Å²) in [7, 11) is 0. The van der Waals surface area contributed by atoms with E-state index in [0.717, 1.165) is 0 Å². The standard InChI is InChI=1S/C20H17F2N3O2/c21-14-5-7-15(8-6-14)25-19(20(26)24-9-11-27-12-10-24)13-18(23-25)16-3-1-2-4-17(16)22/h1-8,13H,9-12H2. The predicted octanol–water partition coefficient (Wildman–Crippen LogP) is 3.29. The summed E-state index contributed by atoms with van der Waals surface area (Å²) in [5, 5.41) is 4.43. The highest BCUT2D eigenvalue weighted by atomic mass is 19.1. The molecule has 4 rings (SSSR count). The molecule has 138 valence electrons. The van der Waals surface area contributed by atoms with Gasteiger partial charge < -0.3 is 9.64 Å². The Hall–Kier alpha value is -3.06. The molecular weight excluding hydrogens is 352 g/mol. The third-order valence-corrected chi connectivity index (χ3v) is 4.45. The van der Waals surface area contributed by atoms with Gasteiger partial charge in [-0.25, -0.2) is 13.5 Å². The third kappa shape index (κ3) is 3.46. The van der Waals surface area contributed by atoms with Crippen LogP contribution in [0.1, 0.15) is 10.5 Å². The summed E-state index contributed by atoms with van der Waals surface area (Å²) in [6.45, 7) is 1.89. The number of morpholine rings is 1. The fourth-order valence-electron chi connectivity index (χ4n) is 3.04. The van der Waals surface area contributed by atoms with Gasteiger partial charge in [0.25, 0.3) is 5.91 Å². The number of carbonyl (C=O) groups is 1. The van der Waals surface area contributed by atoms with Crippen LogP contribution in [-0.2, 0) is 4.74 Å². The van der Waals surface area contributed by atoms with Crippen LogP contribution in [0.15, 0.2) is 54.6 Å². The Morgan fingerprint density at radius 3 is 2.41 bits per heavy atom. The molecule has 1 aliphatic rings. The number of halogens is 2. The normalized spacial score (nSPS) is 14.4. The molecule has 1 fully saturated rings. The Bertz CT molecular complexity index is 964. The zero-order chi connectivity index (χ0) is 18.8. The smallest absolute Gasteiger partial charge is 0.272 e. The van der Waals surface area contributed by atoms with Crippen LogP contribution in [0, 0.1) is 11.6 Å². The molecule has 0 spiro atoms. The van der Waals surface area contributed by atoms with Crippen LogP contribution in [-0.4, -0.2) is 46.9 Å². The lowest BCUT2D eigenvalue weighted by Gasteiger charge is -2.26. The highest BCUT2D eigenvalue weighted by Gasteiger charge is 2.25. The maximum absolute atomic E-state index is 14.2. The SMILES string of the molecule is O=C(c1cc(-c2ccccc2F)nn1-c1ccc(F)cc1)N1CCOCC1. The van der Waals surface area contributed by atoms with Crippen molar-refractivity contribution >= 4 is 5.91 Å². The summed E-state index contributed by atoms with van der Waals surface area (Å²) >= 11 is 0. The van der Waals surface area contributed by atoms with E-state index in [4.69, 9.17) is 4.74 Å². The van der Waals surface area contributed by atoms with E-state index in [1.54, 1.807) is 29.2 Å². The summed E-state index contributed by atoms with van der Waals surface area (Å²) in [5.74, 6) is -1.04. The molecule has 2 aromatic carbocycles. The first kappa shape index (κ1) is 17.4. The van der Waals surface area contributed by atoms with Gasteiger partial charge in [-0.3, -0.25) is 4.79 Å². The fourth-order valence-corrected chi connectivity index (χ4v) is 3.04. The summed E-state index contributed by atoms with van der Waals surface area (Å²) < 4.78 is 34.2. The highest BCUT2D eigenvalue weighted by Crippen LogP contribution is 2.25. The summed E-state index contributed by atoms with van der Waals surface area (Å²) in [6.07, 6.45) is 0. The molecule has 7 heteroatoms. The lowest BCUT2D eigenvalue weighted by molar-refractivity contribution is 0.0297. The van der Waals surface area contributed by atoms with Crippen molar-refractivity contribution in [3.05, 3.63) is 71.9 Å². The number of benzene rings is 2. The van der Waals surface area contributed by atoms with Crippen molar-refractivity contribution in [2.24, 2.45) is 0 Å². The maximum atomic E-state index is 14.2. The average Bonchev–Trinajstić information content (AvgIpc) is 3.14. The molecule has 1 saturated heterocycles. The molecular formula is C20H17F2N3O2. The number of hydrogen-bond acceptors (Lipinski definition) is 3. The van der Waals surface area contributed by atoms with Crippen LogP contribution in [0.5, 0.6) is 0 Å². The van der Waals surface area contributed by atoms with Crippen molar-refractivity contribution in [1.82, 2.24) is 14.7 Å². The largest absolute Gasteiger partial charge is 0.378 e. The summed E-state index contributed by atoms with van der Waals surface area (Å²) in [6, 6.07) is 13.5. The molecule has 0 N–H and O–H groups in total. The van der Waals surface area contributed by atoms with E-state index in [-0.39, 0.29) is 11.7 Å². The van der Waals surface area contributed by atoms with Gasteiger partial charge in [-0.05, 0) is 42.5 Å². The van der Waals surface area contributed by atoms with Crippen LogP contribution in [0.25, 0.3) is 16.9 Å². The number of hydrogen-bond donors (Lipinski definition) is 0. The zero-order valence-corrected chi connectivity index (χ0v) is 14.4. The second-order valence-corrected chi connectivity index (χ2v) is 6.19. The quantitative estimate of drug-likeness (QED) is 0.712. The van der Waals surface area contributed by atoms with Crippen molar-refractivity contribution in [3.63, 3.8) is 0 Å². The number of rotatable bonds is 3. The first-order chi connectivity index (χ1) is 13.1. The number of amides is 1. The molecule has 27 heavy (non-hydrogen) atoms. The average molecular weight is 369 g/mol. The molecule has 0 unspecified atom stereocenters. The maximum Gasteiger partial charge on any atom is 0.272 e. The molecule has 1 amide bonds. The van der Waals surface area contributed by atoms with Crippen molar-refractivity contribution in [2.45, 2.75) is 0 Å². The Morgan fingerprint density at radius 2 is 1.70 bits per heavy atom. The van der Waals surface area contributed by atoms with E-state index in [1.165, 1.54) is 35.0 Å². The first-order valence-electron chi connectivity index (χ1n) is 8.61. The van der Waals surface area contributed by atoms with Crippen molar-refractivity contribution in [3.8, 4) is 16.9 Å². The lowest BCUT2D eigenvalue weighted by Crippen LogP contribution is -2.41. The Kier molecular flexibility index (Phi) is 4.68. The minimum atomic E-state index is -0.424. The van der Waals surface area contributed by atoms with Crippen molar-refractivity contribution < 1.29 is 18.3 Å². The lowest BCUT2D eigenvalue weighted by atomic mass is 10.1. The van der Waals surface area contributed by atoms with Gasteiger partial charge in [0.05, 0.1) is 24.6 Å². The van der Waals surface area contributed by atoms with Gasteiger partial charge in [0, 0.05) is 18.7 Å². The molecule has 1 aromatic heterocycles. The zero-order valence-electron chi connectivity index (χ0n) is 14.4. The van der Waals surface area contributed by atoms with Crippen LogP contribution in [0.2, 0.25) is 0 Å². The van der Waals surface area contributed by atoms with Gasteiger partial charge in [0.1, 0.15) is 17.3 Å². The number of nitrogens with zero attached hydrogens (tertiary/aromatic N) is 3. The molecule has 2 heterocycles. The van der Waals surface area contributed by atoms with E-state index >= 15 is 0 Å². The monoisotopic (exact) mass is 369 g/mol. The molecule has 1 aliphatic heterocycles. The summed E-state index contributed by atoms with van der Waals surface area (Å²) in [5.41, 5.74) is 1.46. The van der Waals surface area contributed by atoms with E-state index in [0.29, 0.717) is 48.9 Å². The summed E-state index contributed by atoms with van der Waals surface area (Å²) in [4.78, 5) is 14.7. The molecule has 0 atom stereocenters. The topological polar surface area (TPSA) is 47.4 Å². The highest BCUT2D eigenvalue weighted by molar-refractivity contribution is 5.94. The predicted molar refractivity (Wildman–Crippen MR) is 95.6 cm³/mol.